The maximum absolute atomic E-state index is 5.83. The number of imidazole rings is 1. The highest BCUT2D eigenvalue weighted by Gasteiger charge is 1.98. The zero-order chi connectivity index (χ0) is 12.1. The average Bonchev–Trinajstić information content (AvgIpc) is 2.73. The molecule has 3 nitrogen and oxygen atoms in total. The van der Waals surface area contributed by atoms with Crippen molar-refractivity contribution in [1.29, 1.82) is 0 Å². The van der Waals surface area contributed by atoms with Gasteiger partial charge >= 0.3 is 0 Å². The second kappa shape index (κ2) is 5.84. The van der Waals surface area contributed by atoms with Crippen LogP contribution < -0.4 is 5.32 Å². The molecule has 0 amide bonds. The number of aromatic nitrogens is 2. The first-order valence-electron chi connectivity index (χ1n) is 5.67. The zero-order valence-electron chi connectivity index (χ0n) is 9.86. The van der Waals surface area contributed by atoms with E-state index in [4.69, 9.17) is 11.6 Å². The number of hydrogen-bond acceptors (Lipinski definition) is 2. The van der Waals surface area contributed by atoms with Crippen LogP contribution in [0.1, 0.15) is 11.4 Å². The molecule has 0 spiro atoms. The topological polar surface area (TPSA) is 29.9 Å². The first-order chi connectivity index (χ1) is 8.25. The Bertz CT molecular complexity index is 462. The summed E-state index contributed by atoms with van der Waals surface area (Å²) in [6, 6.07) is 7.90. The minimum absolute atomic E-state index is 0.779. The Hall–Kier alpha value is -1.32. The van der Waals surface area contributed by atoms with E-state index < -0.39 is 0 Å². The maximum Gasteiger partial charge on any atom is 0.109 e. The second-order valence-corrected chi connectivity index (χ2v) is 4.44. The molecule has 0 aliphatic heterocycles. The molecule has 0 radical (unpaired) electrons. The van der Waals surface area contributed by atoms with Gasteiger partial charge in [-0.15, -0.1) is 0 Å². The van der Waals surface area contributed by atoms with Gasteiger partial charge in [-0.25, -0.2) is 4.98 Å². The molecule has 2 aromatic rings. The number of benzene rings is 1. The van der Waals surface area contributed by atoms with Crippen molar-refractivity contribution in [2.24, 2.45) is 7.05 Å². The van der Waals surface area contributed by atoms with E-state index >= 15 is 0 Å². The molecule has 1 N–H and O–H groups in total. The highest BCUT2D eigenvalue weighted by atomic mass is 35.5. The van der Waals surface area contributed by atoms with Gasteiger partial charge in [-0.1, -0.05) is 23.7 Å². The SMILES string of the molecule is Cn1ccnc1CCNCc1ccc(Cl)cc1. The van der Waals surface area contributed by atoms with Gasteiger partial charge < -0.3 is 9.88 Å². The van der Waals surface area contributed by atoms with Crippen LogP contribution in [-0.4, -0.2) is 16.1 Å². The van der Waals surface area contributed by atoms with E-state index in [9.17, 15) is 0 Å². The van der Waals surface area contributed by atoms with Gasteiger partial charge in [0.05, 0.1) is 0 Å². The van der Waals surface area contributed by atoms with Crippen molar-refractivity contribution in [2.45, 2.75) is 13.0 Å². The van der Waals surface area contributed by atoms with Crippen molar-refractivity contribution in [3.05, 3.63) is 53.1 Å². The summed E-state index contributed by atoms with van der Waals surface area (Å²) in [6.07, 6.45) is 4.74. The number of rotatable bonds is 5. The third kappa shape index (κ3) is 3.58. The molecule has 0 fully saturated rings. The second-order valence-electron chi connectivity index (χ2n) is 4.01. The molecule has 0 aliphatic carbocycles. The van der Waals surface area contributed by atoms with E-state index in [0.29, 0.717) is 0 Å². The summed E-state index contributed by atoms with van der Waals surface area (Å²) in [4.78, 5) is 4.28. The fourth-order valence-electron chi connectivity index (χ4n) is 1.67. The molecule has 0 saturated heterocycles. The van der Waals surface area contributed by atoms with E-state index in [-0.39, 0.29) is 0 Å². The molecule has 2 rings (SSSR count). The maximum atomic E-state index is 5.83. The number of halogens is 1. The van der Waals surface area contributed by atoms with Crippen LogP contribution in [-0.2, 0) is 20.0 Å². The van der Waals surface area contributed by atoms with Crippen molar-refractivity contribution < 1.29 is 0 Å². The summed E-state index contributed by atoms with van der Waals surface area (Å²) in [5.74, 6) is 1.11. The molecular formula is C13H16ClN3. The lowest BCUT2D eigenvalue weighted by molar-refractivity contribution is 0.655. The van der Waals surface area contributed by atoms with Gasteiger partial charge in [0.25, 0.3) is 0 Å². The van der Waals surface area contributed by atoms with Gasteiger partial charge in [-0.3, -0.25) is 0 Å². The fraction of sp³-hybridized carbons (Fsp3) is 0.308. The number of nitrogens with one attached hydrogen (secondary N) is 1. The van der Waals surface area contributed by atoms with E-state index in [2.05, 4.69) is 10.3 Å². The lowest BCUT2D eigenvalue weighted by Gasteiger charge is -2.05. The smallest absolute Gasteiger partial charge is 0.109 e. The van der Waals surface area contributed by atoms with E-state index in [1.54, 1.807) is 0 Å². The van der Waals surface area contributed by atoms with Crippen LogP contribution in [0.2, 0.25) is 5.02 Å². The van der Waals surface area contributed by atoms with Crippen LogP contribution >= 0.6 is 11.6 Å². The third-order valence-corrected chi connectivity index (χ3v) is 2.94. The van der Waals surface area contributed by atoms with Gasteiger partial charge in [-0.2, -0.15) is 0 Å². The monoisotopic (exact) mass is 249 g/mol. The summed E-state index contributed by atoms with van der Waals surface area (Å²) >= 11 is 5.83. The lowest BCUT2D eigenvalue weighted by atomic mass is 10.2. The van der Waals surface area contributed by atoms with E-state index in [1.807, 2.05) is 48.3 Å². The summed E-state index contributed by atoms with van der Waals surface area (Å²) in [6.45, 7) is 1.79. The Balaban J connectivity index is 1.73. The van der Waals surface area contributed by atoms with Crippen LogP contribution in [0.5, 0.6) is 0 Å². The molecule has 0 bridgehead atoms. The number of aryl methyl sites for hydroxylation is 1. The largest absolute Gasteiger partial charge is 0.338 e. The minimum Gasteiger partial charge on any atom is -0.338 e. The molecule has 4 heteroatoms. The molecule has 1 aromatic carbocycles. The summed E-state index contributed by atoms with van der Waals surface area (Å²) in [5.41, 5.74) is 1.24. The van der Waals surface area contributed by atoms with Crippen molar-refractivity contribution in [2.75, 3.05) is 6.54 Å². The lowest BCUT2D eigenvalue weighted by Crippen LogP contribution is -2.18. The molecule has 90 valence electrons. The Morgan fingerprint density at radius 3 is 2.71 bits per heavy atom. The quantitative estimate of drug-likeness (QED) is 0.825. The molecule has 0 unspecified atom stereocenters. The Morgan fingerprint density at radius 2 is 2.06 bits per heavy atom. The molecule has 1 aromatic heterocycles. The Labute approximate surface area is 106 Å². The van der Waals surface area contributed by atoms with Gasteiger partial charge in [0, 0.05) is 44.0 Å². The van der Waals surface area contributed by atoms with Crippen molar-refractivity contribution in [3.8, 4) is 0 Å². The van der Waals surface area contributed by atoms with Crippen molar-refractivity contribution in [1.82, 2.24) is 14.9 Å². The molecule has 1 heterocycles. The third-order valence-electron chi connectivity index (χ3n) is 2.69. The molecule has 17 heavy (non-hydrogen) atoms. The van der Waals surface area contributed by atoms with Crippen molar-refractivity contribution >= 4 is 11.6 Å². The Kier molecular flexibility index (Phi) is 4.18. The van der Waals surface area contributed by atoms with Crippen LogP contribution in [0.15, 0.2) is 36.7 Å². The fourth-order valence-corrected chi connectivity index (χ4v) is 1.80. The highest BCUT2D eigenvalue weighted by Crippen LogP contribution is 2.09. The van der Waals surface area contributed by atoms with E-state index in [0.717, 1.165) is 30.4 Å². The van der Waals surface area contributed by atoms with Gasteiger partial charge in [0.1, 0.15) is 5.82 Å². The standard InChI is InChI=1S/C13H16ClN3/c1-17-9-8-16-13(17)6-7-15-10-11-2-4-12(14)5-3-11/h2-5,8-9,15H,6-7,10H2,1H3. The number of nitrogens with zero attached hydrogens (tertiary/aromatic N) is 2. The number of hydrogen-bond donors (Lipinski definition) is 1. The predicted molar refractivity (Wildman–Crippen MR) is 70.1 cm³/mol. The molecule has 0 aliphatic rings. The zero-order valence-corrected chi connectivity index (χ0v) is 10.6. The average molecular weight is 250 g/mol. The molecule has 0 atom stereocenters. The summed E-state index contributed by atoms with van der Waals surface area (Å²) in [5, 5.41) is 4.17. The van der Waals surface area contributed by atoms with Crippen LogP contribution in [0, 0.1) is 0 Å². The predicted octanol–water partition coefficient (Wildman–Crippen LogP) is 2.41. The van der Waals surface area contributed by atoms with Crippen LogP contribution in [0.25, 0.3) is 0 Å². The van der Waals surface area contributed by atoms with Gasteiger partial charge in [0.15, 0.2) is 0 Å². The minimum atomic E-state index is 0.779. The van der Waals surface area contributed by atoms with Crippen LogP contribution in [0.4, 0.5) is 0 Å². The Morgan fingerprint density at radius 1 is 1.29 bits per heavy atom. The van der Waals surface area contributed by atoms with Crippen molar-refractivity contribution in [3.63, 3.8) is 0 Å². The van der Waals surface area contributed by atoms with Gasteiger partial charge in [-0.05, 0) is 17.7 Å². The molecule has 0 saturated carbocycles. The van der Waals surface area contributed by atoms with Gasteiger partial charge in [0.2, 0.25) is 0 Å². The first kappa shape index (κ1) is 12.1. The van der Waals surface area contributed by atoms with E-state index in [1.165, 1.54) is 5.56 Å². The normalized spacial score (nSPS) is 10.7. The first-order valence-corrected chi connectivity index (χ1v) is 6.05. The molecular weight excluding hydrogens is 234 g/mol. The highest BCUT2D eigenvalue weighted by molar-refractivity contribution is 6.30. The summed E-state index contributed by atoms with van der Waals surface area (Å²) < 4.78 is 2.05. The summed E-state index contributed by atoms with van der Waals surface area (Å²) in [7, 11) is 2.02. The van der Waals surface area contributed by atoms with Crippen LogP contribution in [0.3, 0.4) is 0 Å².